The van der Waals surface area contributed by atoms with Crippen LogP contribution in [-0.4, -0.2) is 38.1 Å². The van der Waals surface area contributed by atoms with E-state index in [1.54, 1.807) is 14.2 Å². The van der Waals surface area contributed by atoms with Gasteiger partial charge in [0.15, 0.2) is 11.5 Å². The summed E-state index contributed by atoms with van der Waals surface area (Å²) in [5.41, 5.74) is 5.58. The van der Waals surface area contributed by atoms with Gasteiger partial charge in [0, 0.05) is 31.7 Å². The molecule has 0 bridgehead atoms. The summed E-state index contributed by atoms with van der Waals surface area (Å²) in [5.74, 6) is 1.46. The summed E-state index contributed by atoms with van der Waals surface area (Å²) in [7, 11) is 3.32. The highest BCUT2D eigenvalue weighted by atomic mass is 16.5. The maximum Gasteiger partial charge on any atom is 0.251 e. The number of carbonyl (C=O) groups is 1. The lowest BCUT2D eigenvalue weighted by Crippen LogP contribution is -2.28. The smallest absolute Gasteiger partial charge is 0.251 e. The van der Waals surface area contributed by atoms with Gasteiger partial charge in [0.1, 0.15) is 0 Å². The van der Waals surface area contributed by atoms with E-state index in [4.69, 9.17) is 9.47 Å². The van der Waals surface area contributed by atoms with Crippen molar-refractivity contribution in [2.45, 2.75) is 19.5 Å². The quantitative estimate of drug-likeness (QED) is 0.538. The van der Waals surface area contributed by atoms with Crippen LogP contribution >= 0.6 is 0 Å². The van der Waals surface area contributed by atoms with Crippen LogP contribution in [0, 0.1) is 0 Å². The largest absolute Gasteiger partial charge is 0.493 e. The fourth-order valence-electron chi connectivity index (χ4n) is 4.11. The molecule has 0 saturated carbocycles. The van der Waals surface area contributed by atoms with Crippen LogP contribution in [0.4, 0.5) is 0 Å². The van der Waals surface area contributed by atoms with Crippen molar-refractivity contribution >= 4 is 11.5 Å². The van der Waals surface area contributed by atoms with Gasteiger partial charge in [-0.15, -0.1) is 0 Å². The van der Waals surface area contributed by atoms with Gasteiger partial charge in [0.05, 0.1) is 14.2 Å². The predicted molar refractivity (Wildman–Crippen MR) is 131 cm³/mol. The van der Waals surface area contributed by atoms with E-state index in [0.717, 1.165) is 43.1 Å². The van der Waals surface area contributed by atoms with E-state index in [-0.39, 0.29) is 5.91 Å². The van der Waals surface area contributed by atoms with E-state index < -0.39 is 0 Å². The molecule has 1 aliphatic heterocycles. The Balaban J connectivity index is 1.35. The molecule has 0 aliphatic carbocycles. The number of hydrogen-bond acceptors (Lipinski definition) is 4. The third-order valence-electron chi connectivity index (χ3n) is 5.93. The van der Waals surface area contributed by atoms with Crippen LogP contribution in [0.2, 0.25) is 0 Å². The zero-order valence-corrected chi connectivity index (χ0v) is 19.2. The number of benzene rings is 3. The average Bonchev–Trinajstić information content (AvgIpc) is 2.88. The van der Waals surface area contributed by atoms with E-state index in [9.17, 15) is 4.79 Å². The lowest BCUT2D eigenvalue weighted by molar-refractivity contribution is 0.0951. The Kier molecular flexibility index (Phi) is 7.43. The van der Waals surface area contributed by atoms with Gasteiger partial charge in [0.2, 0.25) is 0 Å². The lowest BCUT2D eigenvalue weighted by Gasteiger charge is -2.27. The molecule has 1 amide bonds. The zero-order valence-electron chi connectivity index (χ0n) is 19.2. The molecule has 5 heteroatoms. The minimum Gasteiger partial charge on any atom is -0.493 e. The highest BCUT2D eigenvalue weighted by Crippen LogP contribution is 2.29. The molecule has 3 aromatic rings. The lowest BCUT2D eigenvalue weighted by atomic mass is 9.97. The number of amides is 1. The summed E-state index contributed by atoms with van der Waals surface area (Å²) in [6, 6.07) is 23.9. The highest BCUT2D eigenvalue weighted by molar-refractivity contribution is 5.94. The van der Waals surface area contributed by atoms with E-state index in [2.05, 4.69) is 46.6 Å². The molecular formula is C28H30N2O3. The third kappa shape index (κ3) is 5.82. The topological polar surface area (TPSA) is 50.8 Å². The van der Waals surface area contributed by atoms with Crippen molar-refractivity contribution in [3.63, 3.8) is 0 Å². The first-order valence-electron chi connectivity index (χ1n) is 11.2. The van der Waals surface area contributed by atoms with E-state index in [1.165, 1.54) is 16.7 Å². The Morgan fingerprint density at radius 3 is 2.45 bits per heavy atom. The van der Waals surface area contributed by atoms with Gasteiger partial charge in [-0.3, -0.25) is 9.69 Å². The van der Waals surface area contributed by atoms with Crippen molar-refractivity contribution in [1.29, 1.82) is 0 Å². The molecule has 170 valence electrons. The Hall–Kier alpha value is -3.57. The molecule has 0 spiro atoms. The van der Waals surface area contributed by atoms with E-state index >= 15 is 0 Å². The Bertz CT molecular complexity index is 1120. The van der Waals surface area contributed by atoms with Gasteiger partial charge < -0.3 is 14.8 Å². The number of carbonyl (C=O) groups excluding carboxylic acids is 1. The molecule has 0 saturated heterocycles. The van der Waals surface area contributed by atoms with Gasteiger partial charge in [-0.1, -0.05) is 48.5 Å². The molecule has 5 nitrogen and oxygen atoms in total. The molecule has 0 radical (unpaired) electrons. The van der Waals surface area contributed by atoms with E-state index in [1.807, 2.05) is 42.5 Å². The van der Waals surface area contributed by atoms with Gasteiger partial charge in [-0.05, 0) is 59.0 Å². The second-order valence-corrected chi connectivity index (χ2v) is 8.15. The number of nitrogens with zero attached hydrogens (tertiary/aromatic N) is 1. The summed E-state index contributed by atoms with van der Waals surface area (Å²) < 4.78 is 10.8. The summed E-state index contributed by atoms with van der Waals surface area (Å²) in [5, 5.41) is 3.01. The molecule has 3 aromatic carbocycles. The zero-order chi connectivity index (χ0) is 23.0. The van der Waals surface area contributed by atoms with Crippen LogP contribution in [0.5, 0.6) is 11.5 Å². The number of hydrogen-bond donors (Lipinski definition) is 1. The number of nitrogens with one attached hydrogen (secondary N) is 1. The average molecular weight is 443 g/mol. The van der Waals surface area contributed by atoms with Gasteiger partial charge in [-0.2, -0.15) is 0 Å². The number of ether oxygens (including phenoxy) is 2. The summed E-state index contributed by atoms with van der Waals surface area (Å²) in [4.78, 5) is 14.7. The normalized spacial score (nSPS) is 13.8. The first-order valence-corrected chi connectivity index (χ1v) is 11.2. The number of methoxy groups -OCH3 is 2. The van der Waals surface area contributed by atoms with E-state index in [0.29, 0.717) is 12.1 Å². The Morgan fingerprint density at radius 1 is 0.909 bits per heavy atom. The molecule has 4 rings (SSSR count). The monoisotopic (exact) mass is 442 g/mol. The molecule has 1 aliphatic rings. The first-order chi connectivity index (χ1) is 16.2. The molecule has 0 atom stereocenters. The van der Waals surface area contributed by atoms with Gasteiger partial charge >= 0.3 is 0 Å². The van der Waals surface area contributed by atoms with Crippen molar-refractivity contribution in [2.75, 3.05) is 27.3 Å². The maximum absolute atomic E-state index is 12.3. The summed E-state index contributed by atoms with van der Waals surface area (Å²) in [6.07, 6.45) is 3.30. The Labute approximate surface area is 195 Å². The van der Waals surface area contributed by atoms with Crippen molar-refractivity contribution in [1.82, 2.24) is 10.2 Å². The van der Waals surface area contributed by atoms with Crippen molar-refractivity contribution in [2.24, 2.45) is 0 Å². The van der Waals surface area contributed by atoms with Gasteiger partial charge in [0.25, 0.3) is 5.91 Å². The van der Waals surface area contributed by atoms with Crippen molar-refractivity contribution in [3.05, 3.63) is 101 Å². The molecule has 1 heterocycles. The van der Waals surface area contributed by atoms with Gasteiger partial charge in [-0.25, -0.2) is 0 Å². The van der Waals surface area contributed by atoms with Crippen molar-refractivity contribution < 1.29 is 14.3 Å². The van der Waals surface area contributed by atoms with Crippen LogP contribution in [0.1, 0.15) is 33.5 Å². The minimum absolute atomic E-state index is 0.0521. The SMILES string of the molecule is COc1ccc(CN2CC=C(c3cccc(CNC(=O)c4ccccc4)c3)CC2)cc1OC. The fourth-order valence-corrected chi connectivity index (χ4v) is 4.11. The minimum atomic E-state index is -0.0521. The summed E-state index contributed by atoms with van der Waals surface area (Å²) >= 11 is 0. The second kappa shape index (κ2) is 10.8. The first kappa shape index (κ1) is 22.6. The molecular weight excluding hydrogens is 412 g/mol. The standard InChI is InChI=1S/C28H30N2O3/c1-32-26-12-11-22(18-27(26)33-2)20-30-15-13-23(14-16-30)25-10-6-7-21(17-25)19-29-28(31)24-8-4-3-5-9-24/h3-13,17-18H,14-16,19-20H2,1-2H3,(H,29,31). The molecule has 1 N–H and O–H groups in total. The second-order valence-electron chi connectivity index (χ2n) is 8.15. The van der Waals surface area contributed by atoms with Crippen LogP contribution in [0.15, 0.2) is 78.9 Å². The fraction of sp³-hybridized carbons (Fsp3) is 0.250. The van der Waals surface area contributed by atoms with Crippen LogP contribution in [-0.2, 0) is 13.1 Å². The third-order valence-corrected chi connectivity index (χ3v) is 5.93. The summed E-state index contributed by atoms with van der Waals surface area (Å²) in [6.45, 7) is 3.28. The molecule has 0 fully saturated rings. The van der Waals surface area contributed by atoms with Crippen LogP contribution in [0.25, 0.3) is 5.57 Å². The van der Waals surface area contributed by atoms with Crippen LogP contribution < -0.4 is 14.8 Å². The van der Waals surface area contributed by atoms with Crippen LogP contribution in [0.3, 0.4) is 0 Å². The Morgan fingerprint density at radius 2 is 1.73 bits per heavy atom. The maximum atomic E-state index is 12.3. The number of rotatable bonds is 8. The molecule has 0 aromatic heterocycles. The molecule has 33 heavy (non-hydrogen) atoms. The van der Waals surface area contributed by atoms with Crippen molar-refractivity contribution in [3.8, 4) is 11.5 Å². The predicted octanol–water partition coefficient (Wildman–Crippen LogP) is 4.92. The highest BCUT2D eigenvalue weighted by Gasteiger charge is 2.15. The molecule has 0 unspecified atom stereocenters.